The first-order chi connectivity index (χ1) is 9.74. The Hall–Kier alpha value is -1.28. The molecule has 4 rings (SSSR count). The number of halogens is 1. The Morgan fingerprint density at radius 2 is 1.80 bits per heavy atom. The van der Waals surface area contributed by atoms with Crippen molar-refractivity contribution in [1.29, 1.82) is 0 Å². The molecule has 1 nitrogen and oxygen atoms in total. The normalized spacial score (nSPS) is 18.5. The second-order valence-electron chi connectivity index (χ2n) is 6.07. The van der Waals surface area contributed by atoms with Gasteiger partial charge in [0.1, 0.15) is 0 Å². The van der Waals surface area contributed by atoms with Crippen molar-refractivity contribution in [3.63, 3.8) is 0 Å². The molecule has 1 heterocycles. The highest BCUT2D eigenvalue weighted by molar-refractivity contribution is 9.09. The molecule has 2 unspecified atom stereocenters. The van der Waals surface area contributed by atoms with Crippen LogP contribution in [0.3, 0.4) is 0 Å². The van der Waals surface area contributed by atoms with E-state index in [0.29, 0.717) is 4.83 Å². The molecule has 20 heavy (non-hydrogen) atoms. The van der Waals surface area contributed by atoms with Crippen LogP contribution in [0.2, 0.25) is 0 Å². The van der Waals surface area contributed by atoms with Gasteiger partial charge < -0.3 is 4.98 Å². The van der Waals surface area contributed by atoms with Crippen molar-refractivity contribution in [3.05, 3.63) is 48.0 Å². The number of para-hydroxylation sites is 1. The van der Waals surface area contributed by atoms with Gasteiger partial charge in [0.05, 0.1) is 0 Å². The summed E-state index contributed by atoms with van der Waals surface area (Å²) < 4.78 is 0. The maximum atomic E-state index is 3.92. The number of hydrogen-bond acceptors (Lipinski definition) is 0. The van der Waals surface area contributed by atoms with Gasteiger partial charge in [0.2, 0.25) is 0 Å². The highest BCUT2D eigenvalue weighted by atomic mass is 79.9. The molecule has 1 saturated carbocycles. The minimum Gasteiger partial charge on any atom is -0.355 e. The third-order valence-electron chi connectivity index (χ3n) is 4.68. The van der Waals surface area contributed by atoms with Crippen molar-refractivity contribution in [2.45, 2.75) is 24.6 Å². The summed E-state index contributed by atoms with van der Waals surface area (Å²) in [6, 6.07) is 15.4. The number of benzene rings is 2. The van der Waals surface area contributed by atoms with Crippen molar-refractivity contribution < 1.29 is 0 Å². The van der Waals surface area contributed by atoms with Gasteiger partial charge >= 0.3 is 0 Å². The molecule has 1 fully saturated rings. The van der Waals surface area contributed by atoms with E-state index in [2.05, 4.69) is 70.3 Å². The summed E-state index contributed by atoms with van der Waals surface area (Å²) in [6.07, 6.45) is 2.80. The average Bonchev–Trinajstić information content (AvgIpc) is 3.26. The van der Waals surface area contributed by atoms with Crippen LogP contribution in [0.25, 0.3) is 21.8 Å². The predicted octanol–water partition coefficient (Wildman–Crippen LogP) is 5.80. The van der Waals surface area contributed by atoms with E-state index >= 15 is 0 Å². The summed E-state index contributed by atoms with van der Waals surface area (Å²) in [6.45, 7) is 2.37. The van der Waals surface area contributed by atoms with Crippen LogP contribution in [0.4, 0.5) is 0 Å². The number of hydrogen-bond donors (Lipinski definition) is 1. The second kappa shape index (κ2) is 4.63. The van der Waals surface area contributed by atoms with Gasteiger partial charge in [-0.2, -0.15) is 0 Å². The van der Waals surface area contributed by atoms with Crippen molar-refractivity contribution in [2.75, 3.05) is 0 Å². The lowest BCUT2D eigenvalue weighted by Crippen LogP contribution is -2.05. The van der Waals surface area contributed by atoms with Gasteiger partial charge in [0.15, 0.2) is 0 Å². The number of H-pyrrole nitrogens is 1. The van der Waals surface area contributed by atoms with E-state index in [0.717, 1.165) is 11.8 Å². The van der Waals surface area contributed by atoms with Crippen molar-refractivity contribution in [1.82, 2.24) is 4.98 Å². The molecule has 1 aliphatic rings. The Kier molecular flexibility index (Phi) is 2.88. The molecule has 1 aromatic heterocycles. The minimum atomic E-state index is 0.466. The first-order valence-corrected chi connectivity index (χ1v) is 8.30. The zero-order valence-corrected chi connectivity index (χ0v) is 13.2. The number of aromatic amines is 1. The van der Waals surface area contributed by atoms with Crippen molar-refractivity contribution in [3.8, 4) is 0 Å². The van der Waals surface area contributed by atoms with Gasteiger partial charge in [-0.05, 0) is 48.4 Å². The van der Waals surface area contributed by atoms with Crippen molar-refractivity contribution >= 4 is 37.7 Å². The van der Waals surface area contributed by atoms with Gasteiger partial charge in [-0.1, -0.05) is 47.1 Å². The molecular formula is C18H18BrN. The molecule has 0 bridgehead atoms. The van der Waals surface area contributed by atoms with Gasteiger partial charge in [0.25, 0.3) is 0 Å². The Morgan fingerprint density at radius 3 is 2.60 bits per heavy atom. The summed E-state index contributed by atoms with van der Waals surface area (Å²) in [5.74, 6) is 1.63. The van der Waals surface area contributed by atoms with Gasteiger partial charge in [0, 0.05) is 26.6 Å². The number of rotatable bonds is 3. The molecule has 0 amide bonds. The lowest BCUT2D eigenvalue weighted by molar-refractivity contribution is 0.503. The standard InChI is InChI=1S/C18H18BrN/c1-11(12-6-7-12)18(19)13-8-9-17-15(10-13)14-4-2-3-5-16(14)20-17/h2-5,8-12,18,20H,6-7H2,1H3. The Morgan fingerprint density at radius 1 is 1.05 bits per heavy atom. The zero-order chi connectivity index (χ0) is 13.7. The van der Waals surface area contributed by atoms with Crippen molar-refractivity contribution in [2.24, 2.45) is 11.8 Å². The summed E-state index contributed by atoms with van der Waals surface area (Å²) >= 11 is 3.92. The van der Waals surface area contributed by atoms with E-state index in [1.54, 1.807) is 0 Å². The molecule has 2 atom stereocenters. The van der Waals surface area contributed by atoms with Crippen LogP contribution >= 0.6 is 15.9 Å². The van der Waals surface area contributed by atoms with Crippen LogP contribution in [-0.4, -0.2) is 4.98 Å². The predicted molar refractivity (Wildman–Crippen MR) is 89.4 cm³/mol. The van der Waals surface area contributed by atoms with Gasteiger partial charge in [-0.3, -0.25) is 0 Å². The van der Waals surface area contributed by atoms with Crippen LogP contribution < -0.4 is 0 Å². The minimum absolute atomic E-state index is 0.466. The van der Waals surface area contributed by atoms with E-state index in [-0.39, 0.29) is 0 Å². The topological polar surface area (TPSA) is 15.8 Å². The SMILES string of the molecule is CC(C1CC1)C(Br)c1ccc2[nH]c3ccccc3c2c1. The summed E-state index contributed by atoms with van der Waals surface area (Å²) in [7, 11) is 0. The van der Waals surface area contributed by atoms with Crippen LogP contribution in [0.1, 0.15) is 30.2 Å². The maximum Gasteiger partial charge on any atom is 0.0465 e. The summed E-state index contributed by atoms with van der Waals surface area (Å²) in [5, 5.41) is 2.66. The molecule has 0 saturated heterocycles. The highest BCUT2D eigenvalue weighted by Gasteiger charge is 2.32. The molecule has 3 aromatic rings. The highest BCUT2D eigenvalue weighted by Crippen LogP contribution is 2.46. The molecule has 2 heteroatoms. The van der Waals surface area contributed by atoms with E-state index in [1.807, 2.05) is 0 Å². The zero-order valence-electron chi connectivity index (χ0n) is 11.6. The smallest absolute Gasteiger partial charge is 0.0465 e. The molecule has 102 valence electrons. The quantitative estimate of drug-likeness (QED) is 0.585. The van der Waals surface area contributed by atoms with E-state index < -0.39 is 0 Å². The molecule has 1 aliphatic carbocycles. The Bertz CT molecular complexity index is 769. The monoisotopic (exact) mass is 327 g/mol. The summed E-state index contributed by atoms with van der Waals surface area (Å²) in [4.78, 5) is 3.96. The fraction of sp³-hybridized carbons (Fsp3) is 0.333. The second-order valence-corrected chi connectivity index (χ2v) is 7.06. The van der Waals surface area contributed by atoms with E-state index in [4.69, 9.17) is 0 Å². The first kappa shape index (κ1) is 12.5. The van der Waals surface area contributed by atoms with Crippen LogP contribution in [0.15, 0.2) is 42.5 Å². The third-order valence-corrected chi connectivity index (χ3v) is 6.04. The first-order valence-electron chi connectivity index (χ1n) is 7.38. The van der Waals surface area contributed by atoms with Gasteiger partial charge in [-0.25, -0.2) is 0 Å². The number of nitrogens with one attached hydrogen (secondary N) is 1. The number of fused-ring (bicyclic) bond motifs is 3. The van der Waals surface area contributed by atoms with Crippen LogP contribution in [0, 0.1) is 11.8 Å². The maximum absolute atomic E-state index is 3.92. The fourth-order valence-electron chi connectivity index (χ4n) is 3.20. The van der Waals surface area contributed by atoms with Crippen LogP contribution in [-0.2, 0) is 0 Å². The Balaban J connectivity index is 1.82. The number of alkyl halides is 1. The fourth-order valence-corrected chi connectivity index (χ4v) is 3.92. The lowest BCUT2D eigenvalue weighted by atomic mass is 9.95. The molecule has 1 N–H and O–H groups in total. The molecule has 0 spiro atoms. The number of aromatic nitrogens is 1. The molecule has 0 aliphatic heterocycles. The average molecular weight is 328 g/mol. The van der Waals surface area contributed by atoms with E-state index in [1.165, 1.54) is 40.2 Å². The Labute approximate surface area is 127 Å². The van der Waals surface area contributed by atoms with Crippen LogP contribution in [0.5, 0.6) is 0 Å². The molecular weight excluding hydrogens is 310 g/mol. The largest absolute Gasteiger partial charge is 0.355 e. The van der Waals surface area contributed by atoms with E-state index in [9.17, 15) is 0 Å². The lowest BCUT2D eigenvalue weighted by Gasteiger charge is -2.18. The molecule has 0 radical (unpaired) electrons. The third kappa shape index (κ3) is 1.98. The van der Waals surface area contributed by atoms with Gasteiger partial charge in [-0.15, -0.1) is 0 Å². The molecule has 2 aromatic carbocycles. The summed E-state index contributed by atoms with van der Waals surface area (Å²) in [5.41, 5.74) is 3.86.